The number of carbonyl (C=O) groups is 2. The number of piperazine rings is 1. The van der Waals surface area contributed by atoms with Crippen LogP contribution in [-0.4, -0.2) is 43.9 Å². The SMILES string of the molecule is CC(=O)c1ccc(N2CC[NH+]([C@H](C)C(=O)Nc3cc(Cl)ccc3Cl)CC2)cc1. The quantitative estimate of drug-likeness (QED) is 0.731. The number of benzene rings is 2. The van der Waals surface area contributed by atoms with E-state index in [1.807, 2.05) is 31.2 Å². The molecule has 5 nitrogen and oxygen atoms in total. The van der Waals surface area contributed by atoms with E-state index in [0.29, 0.717) is 15.7 Å². The number of nitrogens with zero attached hydrogens (tertiary/aromatic N) is 1. The molecular formula is C21H24Cl2N3O2+. The Morgan fingerprint density at radius 2 is 1.71 bits per heavy atom. The lowest BCUT2D eigenvalue weighted by atomic mass is 10.1. The number of rotatable bonds is 5. The van der Waals surface area contributed by atoms with Crippen LogP contribution in [0.1, 0.15) is 24.2 Å². The number of ketones is 1. The Labute approximate surface area is 175 Å². The first kappa shape index (κ1) is 20.6. The molecule has 1 amide bonds. The van der Waals surface area contributed by atoms with Crippen LogP contribution >= 0.6 is 23.2 Å². The summed E-state index contributed by atoms with van der Waals surface area (Å²) in [6.45, 7) is 6.91. The first-order chi connectivity index (χ1) is 13.3. The number of anilines is 2. The van der Waals surface area contributed by atoms with Crippen LogP contribution in [0.2, 0.25) is 10.0 Å². The van der Waals surface area contributed by atoms with Crippen molar-refractivity contribution in [1.82, 2.24) is 0 Å². The van der Waals surface area contributed by atoms with E-state index in [2.05, 4.69) is 10.2 Å². The van der Waals surface area contributed by atoms with Crippen molar-refractivity contribution in [2.75, 3.05) is 36.4 Å². The molecule has 0 bridgehead atoms. The first-order valence-electron chi connectivity index (χ1n) is 9.31. The summed E-state index contributed by atoms with van der Waals surface area (Å²) in [6.07, 6.45) is 0. The number of amides is 1. The number of carbonyl (C=O) groups excluding carboxylic acids is 2. The van der Waals surface area contributed by atoms with Crippen molar-refractivity contribution >= 4 is 46.3 Å². The normalized spacial score (nSPS) is 15.9. The van der Waals surface area contributed by atoms with Gasteiger partial charge in [0.25, 0.3) is 5.91 Å². The zero-order valence-electron chi connectivity index (χ0n) is 16.0. The molecule has 1 heterocycles. The van der Waals surface area contributed by atoms with Gasteiger partial charge in [-0.25, -0.2) is 0 Å². The van der Waals surface area contributed by atoms with Gasteiger partial charge in [0.05, 0.1) is 36.9 Å². The number of hydrogen-bond acceptors (Lipinski definition) is 3. The molecule has 1 aliphatic rings. The minimum absolute atomic E-state index is 0.0699. The van der Waals surface area contributed by atoms with Crippen molar-refractivity contribution in [3.63, 3.8) is 0 Å². The smallest absolute Gasteiger partial charge is 0.282 e. The highest BCUT2D eigenvalue weighted by molar-refractivity contribution is 6.35. The van der Waals surface area contributed by atoms with Gasteiger partial charge in [0.1, 0.15) is 0 Å². The van der Waals surface area contributed by atoms with Crippen LogP contribution in [0.5, 0.6) is 0 Å². The second-order valence-electron chi connectivity index (χ2n) is 7.08. The Hall–Kier alpha value is -2.08. The standard InChI is InChI=1S/C21H23Cl2N3O2/c1-14(21(28)24-20-13-17(22)5-8-19(20)23)25-9-11-26(12-10-25)18-6-3-16(4-7-18)15(2)27/h3-8,13-14H,9-12H2,1-2H3,(H,24,28)/p+1/t14-/m1/s1. The van der Waals surface area contributed by atoms with Crippen LogP contribution in [0.25, 0.3) is 0 Å². The van der Waals surface area contributed by atoms with Gasteiger partial charge in [0.2, 0.25) is 0 Å². The molecule has 0 radical (unpaired) electrons. The molecule has 0 aromatic heterocycles. The average Bonchev–Trinajstić information content (AvgIpc) is 2.70. The van der Waals surface area contributed by atoms with Crippen molar-refractivity contribution in [2.45, 2.75) is 19.9 Å². The molecule has 28 heavy (non-hydrogen) atoms. The molecule has 148 valence electrons. The fourth-order valence-corrected chi connectivity index (χ4v) is 3.75. The fraction of sp³-hybridized carbons (Fsp3) is 0.333. The predicted molar refractivity (Wildman–Crippen MR) is 114 cm³/mol. The van der Waals surface area contributed by atoms with Crippen LogP contribution in [0.4, 0.5) is 11.4 Å². The Balaban J connectivity index is 1.57. The maximum Gasteiger partial charge on any atom is 0.282 e. The summed E-state index contributed by atoms with van der Waals surface area (Å²) in [6, 6.07) is 12.5. The molecule has 1 atom stereocenters. The largest absolute Gasteiger partial charge is 0.360 e. The summed E-state index contributed by atoms with van der Waals surface area (Å²) in [5.41, 5.74) is 2.36. The Morgan fingerprint density at radius 1 is 1.07 bits per heavy atom. The maximum absolute atomic E-state index is 12.6. The van der Waals surface area contributed by atoms with Gasteiger partial charge < -0.3 is 15.1 Å². The van der Waals surface area contributed by atoms with Gasteiger partial charge in [-0.2, -0.15) is 0 Å². The van der Waals surface area contributed by atoms with E-state index in [1.54, 1.807) is 25.1 Å². The van der Waals surface area contributed by atoms with Gasteiger partial charge in [-0.05, 0) is 56.3 Å². The fourth-order valence-electron chi connectivity index (χ4n) is 3.41. The van der Waals surface area contributed by atoms with Gasteiger partial charge in [-0.3, -0.25) is 9.59 Å². The molecular weight excluding hydrogens is 397 g/mol. The van der Waals surface area contributed by atoms with Gasteiger partial charge in [-0.1, -0.05) is 23.2 Å². The highest BCUT2D eigenvalue weighted by atomic mass is 35.5. The van der Waals surface area contributed by atoms with E-state index in [9.17, 15) is 9.59 Å². The minimum atomic E-state index is -0.197. The molecule has 7 heteroatoms. The molecule has 1 aliphatic heterocycles. The van der Waals surface area contributed by atoms with Crippen molar-refractivity contribution < 1.29 is 14.5 Å². The number of halogens is 2. The van der Waals surface area contributed by atoms with E-state index in [1.165, 1.54) is 4.90 Å². The van der Waals surface area contributed by atoms with Crippen molar-refractivity contribution in [2.24, 2.45) is 0 Å². The molecule has 1 fully saturated rings. The molecule has 3 rings (SSSR count). The minimum Gasteiger partial charge on any atom is -0.360 e. The Bertz CT molecular complexity index is 862. The second-order valence-corrected chi connectivity index (χ2v) is 7.93. The summed E-state index contributed by atoms with van der Waals surface area (Å²) in [5, 5.41) is 3.89. The number of Topliss-reactive ketones (excluding diaryl/α,β-unsaturated/α-hetero) is 1. The van der Waals surface area contributed by atoms with Crippen LogP contribution in [0.15, 0.2) is 42.5 Å². The topological polar surface area (TPSA) is 53.9 Å². The van der Waals surface area contributed by atoms with E-state index >= 15 is 0 Å². The summed E-state index contributed by atoms with van der Waals surface area (Å²) < 4.78 is 0. The lowest BCUT2D eigenvalue weighted by Gasteiger charge is -2.36. The zero-order valence-corrected chi connectivity index (χ0v) is 17.5. The molecule has 2 N–H and O–H groups in total. The zero-order chi connectivity index (χ0) is 20.3. The van der Waals surface area contributed by atoms with Crippen LogP contribution in [0.3, 0.4) is 0 Å². The van der Waals surface area contributed by atoms with Gasteiger partial charge in [0, 0.05) is 16.3 Å². The van der Waals surface area contributed by atoms with Crippen molar-refractivity contribution in [1.29, 1.82) is 0 Å². The Kier molecular flexibility index (Phi) is 6.60. The number of nitrogens with one attached hydrogen (secondary N) is 2. The first-order valence-corrected chi connectivity index (χ1v) is 10.1. The van der Waals surface area contributed by atoms with E-state index in [0.717, 1.165) is 37.4 Å². The molecule has 0 spiro atoms. The summed E-state index contributed by atoms with van der Waals surface area (Å²) in [4.78, 5) is 27.6. The number of hydrogen-bond donors (Lipinski definition) is 2. The van der Waals surface area contributed by atoms with E-state index in [-0.39, 0.29) is 17.7 Å². The highest BCUT2D eigenvalue weighted by Crippen LogP contribution is 2.25. The molecule has 2 aromatic rings. The summed E-state index contributed by atoms with van der Waals surface area (Å²) in [5.74, 6) is -0.00103. The lowest BCUT2D eigenvalue weighted by Crippen LogP contribution is -3.19. The third kappa shape index (κ3) is 4.85. The van der Waals surface area contributed by atoms with Crippen LogP contribution < -0.4 is 15.1 Å². The maximum atomic E-state index is 12.6. The van der Waals surface area contributed by atoms with Gasteiger partial charge in [0.15, 0.2) is 11.8 Å². The van der Waals surface area contributed by atoms with E-state index in [4.69, 9.17) is 23.2 Å². The van der Waals surface area contributed by atoms with Crippen molar-refractivity contribution in [3.05, 3.63) is 58.1 Å². The van der Waals surface area contributed by atoms with E-state index < -0.39 is 0 Å². The predicted octanol–water partition coefficient (Wildman–Crippen LogP) is 2.93. The van der Waals surface area contributed by atoms with Gasteiger partial charge >= 0.3 is 0 Å². The molecule has 1 saturated heterocycles. The van der Waals surface area contributed by atoms with Crippen LogP contribution in [0, 0.1) is 0 Å². The van der Waals surface area contributed by atoms with Crippen LogP contribution in [-0.2, 0) is 4.79 Å². The second kappa shape index (κ2) is 8.95. The monoisotopic (exact) mass is 420 g/mol. The number of quaternary nitrogens is 1. The molecule has 0 aliphatic carbocycles. The Morgan fingerprint density at radius 3 is 2.32 bits per heavy atom. The molecule has 2 aromatic carbocycles. The highest BCUT2D eigenvalue weighted by Gasteiger charge is 2.29. The molecule has 0 unspecified atom stereocenters. The molecule has 0 saturated carbocycles. The summed E-state index contributed by atoms with van der Waals surface area (Å²) >= 11 is 12.1. The third-order valence-electron chi connectivity index (χ3n) is 5.24. The van der Waals surface area contributed by atoms with Crippen molar-refractivity contribution in [3.8, 4) is 0 Å². The average molecular weight is 421 g/mol. The van der Waals surface area contributed by atoms with Gasteiger partial charge in [-0.15, -0.1) is 0 Å². The lowest BCUT2D eigenvalue weighted by molar-refractivity contribution is -0.914. The summed E-state index contributed by atoms with van der Waals surface area (Å²) in [7, 11) is 0. The third-order valence-corrected chi connectivity index (χ3v) is 5.80.